The second-order valence-corrected chi connectivity index (χ2v) is 9.46. The highest BCUT2D eigenvalue weighted by Crippen LogP contribution is 2.45. The van der Waals surface area contributed by atoms with Crippen molar-refractivity contribution in [1.29, 1.82) is 0 Å². The third-order valence-corrected chi connectivity index (χ3v) is 7.23. The molecule has 0 N–H and O–H groups in total. The van der Waals surface area contributed by atoms with Crippen LogP contribution in [0.2, 0.25) is 5.02 Å². The number of piperidine rings is 1. The molecule has 0 spiro atoms. The summed E-state index contributed by atoms with van der Waals surface area (Å²) >= 11 is 6.12. The third kappa shape index (κ3) is 4.39. The number of aryl methyl sites for hydroxylation is 1. The van der Waals surface area contributed by atoms with Crippen LogP contribution in [0.5, 0.6) is 5.75 Å². The molecule has 0 bridgehead atoms. The minimum atomic E-state index is 0.327. The van der Waals surface area contributed by atoms with Gasteiger partial charge in [0.05, 0.1) is 6.61 Å². The highest BCUT2D eigenvalue weighted by atomic mass is 35.5. The van der Waals surface area contributed by atoms with Gasteiger partial charge in [0.1, 0.15) is 5.75 Å². The standard InChI is InChI=1S/C25H32ClNO/c1-19-4-10-24(11-5-19)28-17-21-16-27(15-12-20(21)2)18-25(13-3-14-25)22-6-8-23(26)9-7-22/h4-11,20-21H,3,12-18H2,1-2H3/t20-,21+/m0/s1. The lowest BCUT2D eigenvalue weighted by Crippen LogP contribution is -2.50. The first-order chi connectivity index (χ1) is 13.5. The van der Waals surface area contributed by atoms with Gasteiger partial charge in [-0.3, -0.25) is 0 Å². The van der Waals surface area contributed by atoms with Crippen LogP contribution in [0.4, 0.5) is 0 Å². The number of ether oxygens (including phenoxy) is 1. The molecule has 2 aromatic carbocycles. The van der Waals surface area contributed by atoms with Gasteiger partial charge in [-0.2, -0.15) is 0 Å². The van der Waals surface area contributed by atoms with E-state index in [0.29, 0.717) is 11.3 Å². The summed E-state index contributed by atoms with van der Waals surface area (Å²) in [5.41, 5.74) is 3.07. The first-order valence-corrected chi connectivity index (χ1v) is 11.1. The smallest absolute Gasteiger partial charge is 0.119 e. The molecule has 1 saturated carbocycles. The van der Waals surface area contributed by atoms with Gasteiger partial charge in [0, 0.05) is 29.4 Å². The van der Waals surface area contributed by atoms with Crippen LogP contribution >= 0.6 is 11.6 Å². The Morgan fingerprint density at radius 1 is 1.07 bits per heavy atom. The maximum absolute atomic E-state index is 6.15. The van der Waals surface area contributed by atoms with Crippen molar-refractivity contribution in [2.24, 2.45) is 11.8 Å². The molecule has 28 heavy (non-hydrogen) atoms. The summed E-state index contributed by atoms with van der Waals surface area (Å²) in [7, 11) is 0. The van der Waals surface area contributed by atoms with Gasteiger partial charge in [0.15, 0.2) is 0 Å². The van der Waals surface area contributed by atoms with E-state index in [0.717, 1.165) is 29.8 Å². The molecule has 2 fully saturated rings. The van der Waals surface area contributed by atoms with Crippen LogP contribution in [-0.2, 0) is 5.41 Å². The second kappa shape index (κ2) is 8.47. The fraction of sp³-hybridized carbons (Fsp3) is 0.520. The Labute approximate surface area is 174 Å². The molecular weight excluding hydrogens is 366 g/mol. The maximum Gasteiger partial charge on any atom is 0.119 e. The number of hydrogen-bond acceptors (Lipinski definition) is 2. The maximum atomic E-state index is 6.15. The van der Waals surface area contributed by atoms with Gasteiger partial charge in [-0.15, -0.1) is 0 Å². The molecule has 4 rings (SSSR count). The molecule has 2 atom stereocenters. The third-order valence-electron chi connectivity index (χ3n) is 6.98. The van der Waals surface area contributed by atoms with Crippen LogP contribution in [-0.4, -0.2) is 31.1 Å². The average Bonchev–Trinajstić information content (AvgIpc) is 2.67. The van der Waals surface area contributed by atoms with Crippen molar-refractivity contribution in [3.05, 3.63) is 64.7 Å². The predicted octanol–water partition coefficient (Wildman–Crippen LogP) is 6.11. The molecular formula is C25H32ClNO. The monoisotopic (exact) mass is 397 g/mol. The lowest BCUT2D eigenvalue weighted by atomic mass is 9.64. The normalized spacial score (nSPS) is 24.5. The number of hydrogen-bond donors (Lipinski definition) is 0. The quantitative estimate of drug-likeness (QED) is 0.583. The van der Waals surface area contributed by atoms with E-state index in [4.69, 9.17) is 16.3 Å². The van der Waals surface area contributed by atoms with E-state index in [2.05, 4.69) is 55.1 Å². The van der Waals surface area contributed by atoms with E-state index >= 15 is 0 Å². The van der Waals surface area contributed by atoms with E-state index in [-0.39, 0.29) is 0 Å². The van der Waals surface area contributed by atoms with Gasteiger partial charge in [-0.1, -0.05) is 54.8 Å². The highest BCUT2D eigenvalue weighted by Gasteiger charge is 2.41. The number of likely N-dealkylation sites (tertiary alicyclic amines) is 1. The molecule has 3 heteroatoms. The Hall–Kier alpha value is -1.51. The van der Waals surface area contributed by atoms with Crippen LogP contribution in [0, 0.1) is 18.8 Å². The fourth-order valence-corrected chi connectivity index (χ4v) is 4.92. The van der Waals surface area contributed by atoms with Gasteiger partial charge < -0.3 is 9.64 Å². The zero-order valence-electron chi connectivity index (χ0n) is 17.2. The zero-order valence-corrected chi connectivity index (χ0v) is 17.9. The molecule has 1 heterocycles. The van der Waals surface area contributed by atoms with E-state index in [1.54, 1.807) is 0 Å². The average molecular weight is 398 g/mol. The first-order valence-electron chi connectivity index (χ1n) is 10.7. The Kier molecular flexibility index (Phi) is 5.99. The lowest BCUT2D eigenvalue weighted by Gasteiger charge is -2.48. The van der Waals surface area contributed by atoms with E-state index in [1.807, 2.05) is 12.1 Å². The largest absolute Gasteiger partial charge is 0.493 e. The van der Waals surface area contributed by atoms with Crippen LogP contribution in [0.25, 0.3) is 0 Å². The Morgan fingerprint density at radius 3 is 2.43 bits per heavy atom. The summed E-state index contributed by atoms with van der Waals surface area (Å²) in [4.78, 5) is 2.69. The van der Waals surface area contributed by atoms with Gasteiger partial charge >= 0.3 is 0 Å². The summed E-state index contributed by atoms with van der Waals surface area (Å²) in [6.07, 6.45) is 5.20. The van der Waals surface area contributed by atoms with Gasteiger partial charge in [0.25, 0.3) is 0 Å². The number of rotatable bonds is 6. The minimum absolute atomic E-state index is 0.327. The van der Waals surface area contributed by atoms with Crippen LogP contribution < -0.4 is 4.74 Å². The van der Waals surface area contributed by atoms with Crippen molar-refractivity contribution in [3.8, 4) is 5.75 Å². The highest BCUT2D eigenvalue weighted by molar-refractivity contribution is 6.30. The predicted molar refractivity (Wildman–Crippen MR) is 117 cm³/mol. The van der Waals surface area contributed by atoms with Gasteiger partial charge in [-0.05, 0) is 68.5 Å². The molecule has 0 aromatic heterocycles. The first kappa shape index (κ1) is 19.8. The zero-order chi connectivity index (χ0) is 19.6. The van der Waals surface area contributed by atoms with Crippen LogP contribution in [0.3, 0.4) is 0 Å². The molecule has 2 nitrogen and oxygen atoms in total. The fourth-order valence-electron chi connectivity index (χ4n) is 4.80. The molecule has 0 unspecified atom stereocenters. The van der Waals surface area contributed by atoms with Gasteiger partial charge in [0.2, 0.25) is 0 Å². The molecule has 2 aliphatic rings. The van der Waals surface area contributed by atoms with Crippen molar-refractivity contribution in [1.82, 2.24) is 4.90 Å². The van der Waals surface area contributed by atoms with Crippen molar-refractivity contribution in [2.75, 3.05) is 26.2 Å². The Balaban J connectivity index is 1.38. The van der Waals surface area contributed by atoms with Gasteiger partial charge in [-0.25, -0.2) is 0 Å². The summed E-state index contributed by atoms with van der Waals surface area (Å²) in [6, 6.07) is 17.0. The van der Waals surface area contributed by atoms with Crippen LogP contribution in [0.15, 0.2) is 48.5 Å². The SMILES string of the molecule is Cc1ccc(OC[C@H]2CN(CC3(c4ccc(Cl)cc4)CCC3)CC[C@@H]2C)cc1. The molecule has 1 aliphatic carbocycles. The van der Waals surface area contributed by atoms with Crippen molar-refractivity contribution in [3.63, 3.8) is 0 Å². The Bertz CT molecular complexity index is 766. The van der Waals surface area contributed by atoms with Crippen molar-refractivity contribution >= 4 is 11.6 Å². The summed E-state index contributed by atoms with van der Waals surface area (Å²) in [6.45, 7) is 8.83. The van der Waals surface area contributed by atoms with E-state index in [1.165, 1.54) is 49.9 Å². The number of nitrogens with zero attached hydrogens (tertiary/aromatic N) is 1. The van der Waals surface area contributed by atoms with E-state index in [9.17, 15) is 0 Å². The summed E-state index contributed by atoms with van der Waals surface area (Å²) in [5.74, 6) is 2.30. The van der Waals surface area contributed by atoms with Crippen LogP contribution in [0.1, 0.15) is 43.7 Å². The second-order valence-electron chi connectivity index (χ2n) is 9.03. The topological polar surface area (TPSA) is 12.5 Å². The Morgan fingerprint density at radius 2 is 1.79 bits per heavy atom. The van der Waals surface area contributed by atoms with Crippen molar-refractivity contribution < 1.29 is 4.74 Å². The summed E-state index contributed by atoms with van der Waals surface area (Å²) in [5, 5.41) is 0.832. The molecule has 1 aliphatic heterocycles. The van der Waals surface area contributed by atoms with Crippen molar-refractivity contribution in [2.45, 2.75) is 44.9 Å². The van der Waals surface area contributed by atoms with E-state index < -0.39 is 0 Å². The molecule has 0 radical (unpaired) electrons. The molecule has 2 aromatic rings. The lowest BCUT2D eigenvalue weighted by molar-refractivity contribution is 0.0544. The molecule has 150 valence electrons. The number of halogens is 1. The summed E-state index contributed by atoms with van der Waals surface area (Å²) < 4.78 is 6.15. The number of benzene rings is 2. The molecule has 0 amide bonds. The minimum Gasteiger partial charge on any atom is -0.493 e. The molecule has 1 saturated heterocycles.